The molecular formula is C35H32ClFN4O2S. The van der Waals surface area contributed by atoms with E-state index in [1.807, 2.05) is 76.2 Å². The van der Waals surface area contributed by atoms with E-state index in [1.165, 1.54) is 17.4 Å². The summed E-state index contributed by atoms with van der Waals surface area (Å²) in [7, 11) is 0. The van der Waals surface area contributed by atoms with Crippen LogP contribution < -0.4 is 14.9 Å². The summed E-state index contributed by atoms with van der Waals surface area (Å²) in [6.07, 6.45) is 1.91. The normalized spacial score (nSPS) is 15.0. The minimum absolute atomic E-state index is 0.141. The van der Waals surface area contributed by atoms with Crippen molar-refractivity contribution in [3.63, 3.8) is 0 Å². The molecule has 44 heavy (non-hydrogen) atoms. The first-order valence-corrected chi connectivity index (χ1v) is 15.8. The van der Waals surface area contributed by atoms with Gasteiger partial charge in [0.25, 0.3) is 11.5 Å². The zero-order valence-electron chi connectivity index (χ0n) is 25.0. The van der Waals surface area contributed by atoms with E-state index in [2.05, 4.69) is 4.57 Å². The Labute approximate surface area is 263 Å². The molecule has 0 saturated carbocycles. The number of fused-ring (bicyclic) bond motifs is 2. The van der Waals surface area contributed by atoms with Gasteiger partial charge in [0.05, 0.1) is 28.4 Å². The van der Waals surface area contributed by atoms with Crippen molar-refractivity contribution in [2.24, 2.45) is 4.99 Å². The Hall–Kier alpha value is -4.27. The second kappa shape index (κ2) is 12.0. The SMILES string of the molecule is CCN(CC)C(=O)C1=C(C)N=c2s/c(=C/c3c(C)n(Cc4ccccc4F)c4ccccc34)c(=O)n2[C@@H]1c1ccc(Cl)cc1. The van der Waals surface area contributed by atoms with Crippen molar-refractivity contribution in [1.82, 2.24) is 14.0 Å². The predicted octanol–water partition coefficient (Wildman–Crippen LogP) is 6.21. The minimum Gasteiger partial charge on any atom is -0.340 e. The lowest BCUT2D eigenvalue weighted by atomic mass is 9.94. The van der Waals surface area contributed by atoms with Crippen LogP contribution in [-0.4, -0.2) is 33.0 Å². The fourth-order valence-corrected chi connectivity index (χ4v) is 7.16. The van der Waals surface area contributed by atoms with Crippen LogP contribution in [0.15, 0.2) is 93.9 Å². The summed E-state index contributed by atoms with van der Waals surface area (Å²) in [5.74, 6) is -0.398. The molecule has 1 amide bonds. The van der Waals surface area contributed by atoms with Crippen molar-refractivity contribution < 1.29 is 9.18 Å². The third-order valence-electron chi connectivity index (χ3n) is 8.33. The van der Waals surface area contributed by atoms with Crippen LogP contribution in [-0.2, 0) is 11.3 Å². The molecular weight excluding hydrogens is 595 g/mol. The number of nitrogens with zero attached hydrogens (tertiary/aromatic N) is 4. The van der Waals surface area contributed by atoms with E-state index in [-0.39, 0.29) is 17.3 Å². The number of halogens is 2. The number of thiazole rings is 1. The van der Waals surface area contributed by atoms with Gasteiger partial charge in [-0.2, -0.15) is 0 Å². The number of allylic oxidation sites excluding steroid dienone is 1. The number of aromatic nitrogens is 2. The van der Waals surface area contributed by atoms with E-state index >= 15 is 0 Å². The van der Waals surface area contributed by atoms with Crippen molar-refractivity contribution in [2.75, 3.05) is 13.1 Å². The molecule has 0 spiro atoms. The number of carbonyl (C=O) groups excluding carboxylic acids is 1. The quantitative estimate of drug-likeness (QED) is 0.216. The lowest BCUT2D eigenvalue weighted by molar-refractivity contribution is -0.127. The molecule has 6 nitrogen and oxygen atoms in total. The van der Waals surface area contributed by atoms with Crippen molar-refractivity contribution in [2.45, 2.75) is 40.3 Å². The molecule has 5 aromatic rings. The maximum Gasteiger partial charge on any atom is 0.271 e. The van der Waals surface area contributed by atoms with E-state index in [0.717, 1.165) is 27.7 Å². The van der Waals surface area contributed by atoms with Gasteiger partial charge in [0.2, 0.25) is 0 Å². The topological polar surface area (TPSA) is 59.6 Å². The fraction of sp³-hybridized carbons (Fsp3) is 0.229. The Morgan fingerprint density at radius 2 is 1.70 bits per heavy atom. The molecule has 0 bridgehead atoms. The highest BCUT2D eigenvalue weighted by molar-refractivity contribution is 7.07. The minimum atomic E-state index is -0.651. The fourth-order valence-electron chi connectivity index (χ4n) is 6.01. The zero-order valence-corrected chi connectivity index (χ0v) is 26.5. The summed E-state index contributed by atoms with van der Waals surface area (Å²) in [5.41, 5.74) is 4.98. The van der Waals surface area contributed by atoms with Crippen LogP contribution in [0.4, 0.5) is 4.39 Å². The van der Waals surface area contributed by atoms with Crippen LogP contribution in [0.5, 0.6) is 0 Å². The van der Waals surface area contributed by atoms with Crippen molar-refractivity contribution in [3.05, 3.63) is 137 Å². The van der Waals surface area contributed by atoms with Gasteiger partial charge in [-0.3, -0.25) is 14.2 Å². The molecule has 0 unspecified atom stereocenters. The summed E-state index contributed by atoms with van der Waals surface area (Å²) >= 11 is 7.53. The summed E-state index contributed by atoms with van der Waals surface area (Å²) in [6.45, 7) is 9.15. The van der Waals surface area contributed by atoms with Gasteiger partial charge >= 0.3 is 0 Å². The van der Waals surface area contributed by atoms with Gasteiger partial charge in [0, 0.05) is 45.8 Å². The first-order chi connectivity index (χ1) is 21.2. The highest BCUT2D eigenvalue weighted by atomic mass is 35.5. The van der Waals surface area contributed by atoms with Crippen molar-refractivity contribution >= 4 is 45.8 Å². The van der Waals surface area contributed by atoms with Gasteiger partial charge in [0.15, 0.2) is 4.80 Å². The summed E-state index contributed by atoms with van der Waals surface area (Å²) in [4.78, 5) is 35.2. The van der Waals surface area contributed by atoms with Crippen LogP contribution >= 0.6 is 22.9 Å². The average molecular weight is 627 g/mol. The van der Waals surface area contributed by atoms with Crippen LogP contribution in [0.2, 0.25) is 5.02 Å². The molecule has 224 valence electrons. The van der Waals surface area contributed by atoms with Gasteiger partial charge in [-0.1, -0.05) is 71.5 Å². The van der Waals surface area contributed by atoms with E-state index in [4.69, 9.17) is 16.6 Å². The molecule has 0 saturated heterocycles. The number of rotatable bonds is 7. The number of para-hydroxylation sites is 1. The van der Waals surface area contributed by atoms with Crippen LogP contribution in [0.3, 0.4) is 0 Å². The maximum atomic E-state index is 14.6. The number of benzene rings is 3. The maximum absolute atomic E-state index is 14.6. The molecule has 6 rings (SSSR count). The molecule has 0 radical (unpaired) electrons. The first kappa shape index (κ1) is 29.8. The monoisotopic (exact) mass is 626 g/mol. The standard InChI is InChI=1S/C35H32ClFN4O2S/c1-5-39(6-2)34(43)31-21(3)38-35-41(32(31)23-15-17-25(36)18-16-23)33(42)30(44-35)19-27-22(4)40(29-14-10-8-12-26(27)29)20-24-11-7-9-13-28(24)37/h7-19,32H,5-6,20H2,1-4H3/b30-19+/t32-/m1/s1. The van der Waals surface area contributed by atoms with Gasteiger partial charge in [-0.25, -0.2) is 9.38 Å². The summed E-state index contributed by atoms with van der Waals surface area (Å²) < 4.78 is 18.9. The van der Waals surface area contributed by atoms with Crippen LogP contribution in [0.1, 0.15) is 49.2 Å². The van der Waals surface area contributed by atoms with Gasteiger partial charge in [-0.15, -0.1) is 0 Å². The molecule has 0 N–H and O–H groups in total. The molecule has 1 atom stereocenters. The molecule has 0 aliphatic carbocycles. The smallest absolute Gasteiger partial charge is 0.271 e. The van der Waals surface area contributed by atoms with E-state index < -0.39 is 6.04 Å². The Morgan fingerprint density at radius 3 is 2.41 bits per heavy atom. The second-order valence-electron chi connectivity index (χ2n) is 10.8. The molecule has 9 heteroatoms. The van der Waals surface area contributed by atoms with Crippen LogP contribution in [0.25, 0.3) is 17.0 Å². The number of hydrogen-bond acceptors (Lipinski definition) is 4. The van der Waals surface area contributed by atoms with Gasteiger partial charge in [0.1, 0.15) is 5.82 Å². The number of carbonyl (C=O) groups is 1. The highest BCUT2D eigenvalue weighted by Crippen LogP contribution is 2.32. The first-order valence-electron chi connectivity index (χ1n) is 14.6. The van der Waals surface area contributed by atoms with Gasteiger partial charge < -0.3 is 9.47 Å². The van der Waals surface area contributed by atoms with Crippen LogP contribution in [0, 0.1) is 12.7 Å². The Morgan fingerprint density at radius 1 is 1.02 bits per heavy atom. The molecule has 2 aromatic heterocycles. The zero-order chi connectivity index (χ0) is 31.1. The Bertz CT molecular complexity index is 2120. The average Bonchev–Trinajstić information content (AvgIpc) is 3.47. The second-order valence-corrected chi connectivity index (χ2v) is 12.3. The highest BCUT2D eigenvalue weighted by Gasteiger charge is 2.34. The predicted molar refractivity (Wildman–Crippen MR) is 175 cm³/mol. The Balaban J connectivity index is 1.55. The summed E-state index contributed by atoms with van der Waals surface area (Å²) in [5, 5.41) is 1.54. The van der Waals surface area contributed by atoms with Crippen molar-refractivity contribution in [3.8, 4) is 0 Å². The largest absolute Gasteiger partial charge is 0.340 e. The van der Waals surface area contributed by atoms with E-state index in [0.29, 0.717) is 50.8 Å². The lowest BCUT2D eigenvalue weighted by Gasteiger charge is -2.29. The summed E-state index contributed by atoms with van der Waals surface area (Å²) in [6, 6.07) is 21.3. The number of amides is 1. The number of hydrogen-bond donors (Lipinski definition) is 0. The third-order valence-corrected chi connectivity index (χ3v) is 9.56. The lowest BCUT2D eigenvalue weighted by Crippen LogP contribution is -2.43. The van der Waals surface area contributed by atoms with Gasteiger partial charge in [-0.05, 0) is 63.6 Å². The van der Waals surface area contributed by atoms with E-state index in [1.54, 1.807) is 33.7 Å². The Kier molecular flexibility index (Phi) is 8.14. The van der Waals surface area contributed by atoms with Crippen molar-refractivity contribution in [1.29, 1.82) is 0 Å². The third kappa shape index (κ3) is 5.12. The molecule has 1 aliphatic rings. The molecule has 1 aliphatic heterocycles. The molecule has 3 heterocycles. The molecule has 3 aromatic carbocycles. The molecule has 0 fully saturated rings. The van der Waals surface area contributed by atoms with E-state index in [9.17, 15) is 14.0 Å². The number of likely N-dealkylation sites (N-methyl/N-ethyl adjacent to an activating group) is 1.